The molecule has 2 rings (SSSR count). The van der Waals surface area contributed by atoms with Crippen molar-refractivity contribution in [3.63, 3.8) is 0 Å². The number of halogens is 1. The van der Waals surface area contributed by atoms with Crippen LogP contribution in [0.25, 0.3) is 0 Å². The van der Waals surface area contributed by atoms with Crippen LogP contribution in [0.4, 0.5) is 10.1 Å². The summed E-state index contributed by atoms with van der Waals surface area (Å²) in [5.41, 5.74) is 0.823. The van der Waals surface area contributed by atoms with Gasteiger partial charge in [-0.2, -0.15) is 5.26 Å². The Morgan fingerprint density at radius 1 is 1.29 bits per heavy atom. The Hall–Kier alpha value is -1.80. The first kappa shape index (κ1) is 15.6. The summed E-state index contributed by atoms with van der Waals surface area (Å²) in [7, 11) is 0. The molecular weight excluding hydrogens is 269 g/mol. The van der Waals surface area contributed by atoms with Crippen molar-refractivity contribution in [2.24, 2.45) is 0 Å². The van der Waals surface area contributed by atoms with Gasteiger partial charge in [0.1, 0.15) is 11.6 Å². The van der Waals surface area contributed by atoms with Crippen molar-refractivity contribution in [3.8, 4) is 11.8 Å². The third-order valence-electron chi connectivity index (χ3n) is 3.54. The van der Waals surface area contributed by atoms with Gasteiger partial charge in [0.15, 0.2) is 0 Å². The molecule has 0 unspecified atom stereocenters. The van der Waals surface area contributed by atoms with Crippen LogP contribution in [0.15, 0.2) is 18.2 Å². The topological polar surface area (TPSA) is 39.5 Å². The van der Waals surface area contributed by atoms with Crippen LogP contribution < -0.4 is 9.64 Å². The predicted octanol–water partition coefficient (Wildman–Crippen LogP) is 2.65. The minimum absolute atomic E-state index is 0.0612. The first-order valence-corrected chi connectivity index (χ1v) is 7.40. The van der Waals surface area contributed by atoms with Crippen LogP contribution in [0.5, 0.6) is 5.75 Å². The van der Waals surface area contributed by atoms with Gasteiger partial charge < -0.3 is 9.64 Å². The van der Waals surface area contributed by atoms with E-state index >= 15 is 0 Å². The number of benzene rings is 1. The molecule has 0 N–H and O–H groups in total. The molecule has 4 nitrogen and oxygen atoms in total. The number of rotatable bonds is 5. The molecule has 1 saturated heterocycles. The lowest BCUT2D eigenvalue weighted by atomic mass is 10.2. The van der Waals surface area contributed by atoms with Crippen LogP contribution in [0.2, 0.25) is 0 Å². The molecule has 5 heteroatoms. The van der Waals surface area contributed by atoms with Crippen LogP contribution in [0.1, 0.15) is 20.3 Å². The summed E-state index contributed by atoms with van der Waals surface area (Å²) in [6.07, 6.45) is 0.618. The zero-order chi connectivity index (χ0) is 15.2. The lowest BCUT2D eigenvalue weighted by Crippen LogP contribution is -2.46. The van der Waals surface area contributed by atoms with Gasteiger partial charge in [-0.3, -0.25) is 4.90 Å². The third kappa shape index (κ3) is 4.33. The maximum absolute atomic E-state index is 13.6. The Bertz CT molecular complexity index is 505. The molecule has 0 aliphatic carbocycles. The number of nitriles is 1. The van der Waals surface area contributed by atoms with Crippen molar-refractivity contribution >= 4 is 5.69 Å². The fraction of sp³-hybridized carbons (Fsp3) is 0.562. The maximum Gasteiger partial charge on any atom is 0.143 e. The molecule has 21 heavy (non-hydrogen) atoms. The van der Waals surface area contributed by atoms with Gasteiger partial charge in [0.2, 0.25) is 0 Å². The molecule has 0 amide bonds. The molecule has 1 aliphatic heterocycles. The largest absolute Gasteiger partial charge is 0.489 e. The van der Waals surface area contributed by atoms with Crippen LogP contribution in [-0.4, -0.2) is 43.7 Å². The molecule has 0 saturated carbocycles. The van der Waals surface area contributed by atoms with E-state index in [1.807, 2.05) is 13.8 Å². The monoisotopic (exact) mass is 291 g/mol. The molecule has 1 aromatic carbocycles. The van der Waals surface area contributed by atoms with E-state index < -0.39 is 0 Å². The Kier molecular flexibility index (Phi) is 5.40. The summed E-state index contributed by atoms with van der Waals surface area (Å²) < 4.78 is 19.3. The summed E-state index contributed by atoms with van der Waals surface area (Å²) >= 11 is 0. The van der Waals surface area contributed by atoms with Gasteiger partial charge in [-0.1, -0.05) is 0 Å². The van der Waals surface area contributed by atoms with Gasteiger partial charge in [-0.15, -0.1) is 0 Å². The predicted molar refractivity (Wildman–Crippen MR) is 81.0 cm³/mol. The number of ether oxygens (including phenoxy) is 1. The number of anilines is 1. The highest BCUT2D eigenvalue weighted by Crippen LogP contribution is 2.30. The molecule has 0 radical (unpaired) electrons. The average molecular weight is 291 g/mol. The van der Waals surface area contributed by atoms with Gasteiger partial charge in [0.05, 0.1) is 17.9 Å². The Balaban J connectivity index is 2.05. The maximum atomic E-state index is 13.6. The number of piperazine rings is 1. The van der Waals surface area contributed by atoms with E-state index in [-0.39, 0.29) is 11.9 Å². The second-order valence-electron chi connectivity index (χ2n) is 5.52. The molecule has 0 aromatic heterocycles. The van der Waals surface area contributed by atoms with E-state index in [1.165, 1.54) is 6.07 Å². The summed E-state index contributed by atoms with van der Waals surface area (Å²) in [5.74, 6) is 0.491. The van der Waals surface area contributed by atoms with Gasteiger partial charge in [0.25, 0.3) is 0 Å². The standard InChI is InChI=1S/C16H22FN3O/c1-13(2)21-16-5-4-14(17)12-15(16)20-10-8-19(9-11-20)7-3-6-18/h4-5,12-13H,3,7-11H2,1-2H3. The van der Waals surface area contributed by atoms with E-state index in [4.69, 9.17) is 10.00 Å². The van der Waals surface area contributed by atoms with Crippen LogP contribution in [-0.2, 0) is 0 Å². The fourth-order valence-electron chi connectivity index (χ4n) is 2.51. The van der Waals surface area contributed by atoms with Gasteiger partial charge >= 0.3 is 0 Å². The molecule has 1 fully saturated rings. The van der Waals surface area contributed by atoms with Crippen molar-refractivity contribution in [2.45, 2.75) is 26.4 Å². The molecule has 0 spiro atoms. The number of hydrogen-bond donors (Lipinski definition) is 0. The van der Waals surface area contributed by atoms with Crippen molar-refractivity contribution < 1.29 is 9.13 Å². The smallest absolute Gasteiger partial charge is 0.143 e. The second-order valence-corrected chi connectivity index (χ2v) is 5.52. The minimum atomic E-state index is -0.243. The van der Waals surface area contributed by atoms with Crippen molar-refractivity contribution in [3.05, 3.63) is 24.0 Å². The average Bonchev–Trinajstić information content (AvgIpc) is 2.47. The lowest BCUT2D eigenvalue weighted by molar-refractivity contribution is 0.238. The zero-order valence-electron chi connectivity index (χ0n) is 12.7. The summed E-state index contributed by atoms with van der Waals surface area (Å²) in [4.78, 5) is 4.42. The molecule has 1 aromatic rings. The second kappa shape index (κ2) is 7.28. The zero-order valence-corrected chi connectivity index (χ0v) is 12.7. The van der Waals surface area contributed by atoms with E-state index in [9.17, 15) is 4.39 Å². The van der Waals surface area contributed by atoms with Crippen molar-refractivity contribution in [2.75, 3.05) is 37.6 Å². The molecule has 1 heterocycles. The van der Waals surface area contributed by atoms with Gasteiger partial charge in [0, 0.05) is 45.2 Å². The highest BCUT2D eigenvalue weighted by Gasteiger charge is 2.20. The fourth-order valence-corrected chi connectivity index (χ4v) is 2.51. The molecule has 0 atom stereocenters. The number of nitrogens with zero attached hydrogens (tertiary/aromatic N) is 3. The Morgan fingerprint density at radius 2 is 2.00 bits per heavy atom. The summed E-state index contributed by atoms with van der Waals surface area (Å²) in [6.45, 7) is 8.16. The molecule has 1 aliphatic rings. The Morgan fingerprint density at radius 3 is 2.62 bits per heavy atom. The van der Waals surface area contributed by atoms with E-state index in [2.05, 4.69) is 15.9 Å². The SMILES string of the molecule is CC(C)Oc1ccc(F)cc1N1CCN(CCC#N)CC1. The normalized spacial score (nSPS) is 16.0. The highest BCUT2D eigenvalue weighted by atomic mass is 19.1. The molecule has 0 bridgehead atoms. The summed E-state index contributed by atoms with van der Waals surface area (Å²) in [6, 6.07) is 6.85. The number of hydrogen-bond acceptors (Lipinski definition) is 4. The van der Waals surface area contributed by atoms with Crippen molar-refractivity contribution in [1.29, 1.82) is 5.26 Å². The van der Waals surface area contributed by atoms with Crippen LogP contribution in [0.3, 0.4) is 0 Å². The first-order chi connectivity index (χ1) is 10.1. The van der Waals surface area contributed by atoms with E-state index in [0.29, 0.717) is 6.42 Å². The minimum Gasteiger partial charge on any atom is -0.489 e. The molecule has 114 valence electrons. The van der Waals surface area contributed by atoms with Gasteiger partial charge in [-0.05, 0) is 26.0 Å². The quantitative estimate of drug-likeness (QED) is 0.836. The molecular formula is C16H22FN3O. The summed E-state index contributed by atoms with van der Waals surface area (Å²) in [5, 5.41) is 8.63. The van der Waals surface area contributed by atoms with E-state index in [0.717, 1.165) is 44.2 Å². The third-order valence-corrected chi connectivity index (χ3v) is 3.54. The van der Waals surface area contributed by atoms with Gasteiger partial charge in [-0.25, -0.2) is 4.39 Å². The highest BCUT2D eigenvalue weighted by molar-refractivity contribution is 5.59. The van der Waals surface area contributed by atoms with E-state index in [1.54, 1.807) is 12.1 Å². The van der Waals surface area contributed by atoms with Crippen LogP contribution >= 0.6 is 0 Å². The van der Waals surface area contributed by atoms with Crippen molar-refractivity contribution in [1.82, 2.24) is 4.90 Å². The Labute approximate surface area is 125 Å². The van der Waals surface area contributed by atoms with Crippen LogP contribution in [0, 0.1) is 17.1 Å². The lowest BCUT2D eigenvalue weighted by Gasteiger charge is -2.36. The first-order valence-electron chi connectivity index (χ1n) is 7.40.